The van der Waals surface area contributed by atoms with E-state index in [2.05, 4.69) is 0 Å². The number of thioether (sulfide) groups is 1. The van der Waals surface area contributed by atoms with Gasteiger partial charge in [-0.2, -0.15) is 11.8 Å². The highest BCUT2D eigenvalue weighted by molar-refractivity contribution is 7.99. The molecule has 1 aliphatic carbocycles. The first-order chi connectivity index (χ1) is 8.13. The summed E-state index contributed by atoms with van der Waals surface area (Å²) >= 11 is 1.75. The molecule has 1 fully saturated rings. The highest BCUT2D eigenvalue weighted by Crippen LogP contribution is 2.36. The number of hydrogen-bond donors (Lipinski definition) is 1. The van der Waals surface area contributed by atoms with E-state index in [1.165, 1.54) is 18.3 Å². The van der Waals surface area contributed by atoms with Gasteiger partial charge in [-0.05, 0) is 25.2 Å². The number of nitrogens with zero attached hydrogens (tertiary/aromatic N) is 1. The lowest BCUT2D eigenvalue weighted by Crippen LogP contribution is -2.28. The van der Waals surface area contributed by atoms with Crippen LogP contribution in [0.3, 0.4) is 0 Å². The van der Waals surface area contributed by atoms with Gasteiger partial charge in [-0.15, -0.1) is 0 Å². The molecule has 0 spiro atoms. The van der Waals surface area contributed by atoms with Gasteiger partial charge in [0.25, 0.3) is 5.56 Å². The first kappa shape index (κ1) is 12.2. The van der Waals surface area contributed by atoms with Crippen LogP contribution in [0.15, 0.2) is 23.1 Å². The maximum atomic E-state index is 11.8. The Labute approximate surface area is 104 Å². The van der Waals surface area contributed by atoms with Crippen molar-refractivity contribution in [3.8, 4) is 0 Å². The summed E-state index contributed by atoms with van der Waals surface area (Å²) in [5, 5.41) is 9.36. The Morgan fingerprint density at radius 3 is 2.88 bits per heavy atom. The van der Waals surface area contributed by atoms with E-state index in [0.717, 1.165) is 19.3 Å². The molecule has 4 nitrogen and oxygen atoms in total. The van der Waals surface area contributed by atoms with Crippen LogP contribution in [0.4, 0.5) is 0 Å². The van der Waals surface area contributed by atoms with Crippen molar-refractivity contribution < 1.29 is 9.90 Å². The van der Waals surface area contributed by atoms with Gasteiger partial charge in [0.15, 0.2) is 0 Å². The summed E-state index contributed by atoms with van der Waals surface area (Å²) in [7, 11) is 0. The molecule has 17 heavy (non-hydrogen) atoms. The summed E-state index contributed by atoms with van der Waals surface area (Å²) in [5.41, 5.74) is 0.0669. The van der Waals surface area contributed by atoms with Crippen molar-refractivity contribution in [2.75, 3.05) is 6.26 Å². The second-order valence-corrected chi connectivity index (χ2v) is 5.32. The highest BCUT2D eigenvalue weighted by Gasteiger charge is 2.28. The van der Waals surface area contributed by atoms with Gasteiger partial charge in [0.2, 0.25) is 0 Å². The van der Waals surface area contributed by atoms with Crippen molar-refractivity contribution in [1.29, 1.82) is 0 Å². The predicted octanol–water partition coefficient (Wildman–Crippen LogP) is 2.00. The number of carbonyl (C=O) groups is 1. The van der Waals surface area contributed by atoms with E-state index in [9.17, 15) is 9.59 Å². The van der Waals surface area contributed by atoms with Crippen molar-refractivity contribution in [3.05, 3.63) is 34.2 Å². The van der Waals surface area contributed by atoms with Crippen LogP contribution in [0, 0.1) is 0 Å². The molecule has 1 N–H and O–H groups in total. The summed E-state index contributed by atoms with van der Waals surface area (Å²) in [4.78, 5) is 22.7. The van der Waals surface area contributed by atoms with Crippen LogP contribution >= 0.6 is 11.8 Å². The number of hydrogen-bond acceptors (Lipinski definition) is 3. The average Bonchev–Trinajstić information content (AvgIpc) is 2.77. The van der Waals surface area contributed by atoms with Crippen molar-refractivity contribution in [2.45, 2.75) is 30.6 Å². The first-order valence-electron chi connectivity index (χ1n) is 5.61. The zero-order valence-electron chi connectivity index (χ0n) is 9.63. The quantitative estimate of drug-likeness (QED) is 0.895. The van der Waals surface area contributed by atoms with Gasteiger partial charge >= 0.3 is 5.97 Å². The van der Waals surface area contributed by atoms with Crippen LogP contribution in [-0.2, 0) is 0 Å². The molecule has 2 atom stereocenters. The molecule has 5 heteroatoms. The van der Waals surface area contributed by atoms with Gasteiger partial charge in [0.1, 0.15) is 0 Å². The molecule has 0 amide bonds. The number of carboxylic acids is 1. The molecular weight excluding hydrogens is 238 g/mol. The van der Waals surface area contributed by atoms with Crippen molar-refractivity contribution in [1.82, 2.24) is 4.57 Å². The summed E-state index contributed by atoms with van der Waals surface area (Å²) in [6.45, 7) is 0. The van der Waals surface area contributed by atoms with Crippen molar-refractivity contribution in [2.24, 2.45) is 0 Å². The van der Waals surface area contributed by atoms with Crippen LogP contribution in [-0.4, -0.2) is 27.1 Å². The van der Waals surface area contributed by atoms with E-state index in [0.29, 0.717) is 5.25 Å². The van der Waals surface area contributed by atoms with Crippen LogP contribution in [0.1, 0.15) is 35.7 Å². The van der Waals surface area contributed by atoms with Crippen molar-refractivity contribution in [3.63, 3.8) is 0 Å². The van der Waals surface area contributed by atoms with Crippen molar-refractivity contribution >= 4 is 17.7 Å². The third-order valence-corrected chi connectivity index (χ3v) is 4.42. The lowest BCUT2D eigenvalue weighted by atomic mass is 10.2. The lowest BCUT2D eigenvalue weighted by Gasteiger charge is -2.20. The van der Waals surface area contributed by atoms with Gasteiger partial charge in [-0.3, -0.25) is 4.79 Å². The Bertz CT molecular complexity index is 483. The van der Waals surface area contributed by atoms with Gasteiger partial charge in [-0.1, -0.05) is 6.42 Å². The van der Waals surface area contributed by atoms with Gasteiger partial charge in [0, 0.05) is 23.6 Å². The number of carboxylic acid groups (broad SMARTS) is 1. The van der Waals surface area contributed by atoms with Gasteiger partial charge in [-0.25, -0.2) is 4.79 Å². The topological polar surface area (TPSA) is 59.3 Å². The molecule has 0 bridgehead atoms. The Morgan fingerprint density at radius 2 is 2.24 bits per heavy atom. The molecule has 1 aromatic heterocycles. The first-order valence-corrected chi connectivity index (χ1v) is 6.90. The Hall–Kier alpha value is -1.23. The molecule has 2 unspecified atom stereocenters. The number of pyridine rings is 1. The van der Waals surface area contributed by atoms with E-state index in [-0.39, 0.29) is 17.2 Å². The van der Waals surface area contributed by atoms with E-state index < -0.39 is 5.97 Å². The van der Waals surface area contributed by atoms with Crippen LogP contribution in [0.5, 0.6) is 0 Å². The third kappa shape index (κ3) is 2.39. The third-order valence-electron chi connectivity index (χ3n) is 3.26. The maximum absolute atomic E-state index is 11.8. The minimum atomic E-state index is -0.988. The second-order valence-electron chi connectivity index (χ2n) is 4.24. The molecular formula is C12H15NO3S. The second kappa shape index (κ2) is 4.96. The molecule has 0 radical (unpaired) electrons. The molecule has 92 valence electrons. The van der Waals surface area contributed by atoms with E-state index >= 15 is 0 Å². The van der Waals surface area contributed by atoms with Gasteiger partial charge < -0.3 is 9.67 Å². The summed E-state index contributed by atoms with van der Waals surface area (Å²) in [5.74, 6) is -0.988. The minimum Gasteiger partial charge on any atom is -0.478 e. The zero-order valence-corrected chi connectivity index (χ0v) is 10.4. The highest BCUT2D eigenvalue weighted by atomic mass is 32.2. The normalized spacial score (nSPS) is 23.8. The number of rotatable bonds is 3. The van der Waals surface area contributed by atoms with Crippen LogP contribution in [0.25, 0.3) is 0 Å². The van der Waals surface area contributed by atoms with E-state index in [1.54, 1.807) is 16.3 Å². The molecule has 1 aromatic rings. The zero-order chi connectivity index (χ0) is 12.4. The summed E-state index contributed by atoms with van der Waals surface area (Å²) in [6, 6.07) is 2.85. The summed E-state index contributed by atoms with van der Waals surface area (Å²) in [6.07, 6.45) is 6.66. The fraction of sp³-hybridized carbons (Fsp3) is 0.500. The number of aromatic nitrogens is 1. The fourth-order valence-corrected chi connectivity index (χ4v) is 3.37. The Morgan fingerprint density at radius 1 is 1.47 bits per heavy atom. The Kier molecular flexibility index (Phi) is 3.57. The fourth-order valence-electron chi connectivity index (χ4n) is 2.39. The summed E-state index contributed by atoms with van der Waals surface area (Å²) < 4.78 is 1.59. The van der Waals surface area contributed by atoms with Crippen LogP contribution < -0.4 is 5.56 Å². The maximum Gasteiger partial charge on any atom is 0.337 e. The monoisotopic (exact) mass is 253 g/mol. The average molecular weight is 253 g/mol. The largest absolute Gasteiger partial charge is 0.478 e. The van der Waals surface area contributed by atoms with E-state index in [1.807, 2.05) is 6.26 Å². The van der Waals surface area contributed by atoms with Gasteiger partial charge in [0.05, 0.1) is 5.56 Å². The smallest absolute Gasteiger partial charge is 0.337 e. The standard InChI is InChI=1S/C12H15NO3S/c1-17-10-4-2-3-9(10)13-7-8(12(15)16)5-6-11(13)14/h5-7,9-10H,2-4H2,1H3,(H,15,16). The SMILES string of the molecule is CSC1CCCC1n1cc(C(=O)O)ccc1=O. The molecule has 1 saturated carbocycles. The molecule has 0 aliphatic heterocycles. The number of aromatic carboxylic acids is 1. The molecule has 0 saturated heterocycles. The molecule has 2 rings (SSSR count). The predicted molar refractivity (Wildman–Crippen MR) is 67.9 cm³/mol. The van der Waals surface area contributed by atoms with E-state index in [4.69, 9.17) is 5.11 Å². The lowest BCUT2D eigenvalue weighted by molar-refractivity contribution is 0.0695. The molecule has 1 aliphatic rings. The molecule has 0 aromatic carbocycles. The van der Waals surface area contributed by atoms with Crippen LogP contribution in [0.2, 0.25) is 0 Å². The Balaban J connectivity index is 2.40. The minimum absolute atomic E-state index is 0.110. The molecule has 1 heterocycles.